The van der Waals surface area contributed by atoms with Gasteiger partial charge in [-0.1, -0.05) is 0 Å². The molecule has 0 spiro atoms. The standard InChI is InChI=1S/C13H19F2N7OS/c1-9-10(22-8-21-9)6-24-5-4-19-13(20-7-16)18-3-2-17-12(23)11(14)15/h8,11H,2-6H2,1H3,(H,17,23)(H,21,22)(H2,18,19,20). The van der Waals surface area contributed by atoms with Crippen LogP contribution >= 0.6 is 11.8 Å². The van der Waals surface area contributed by atoms with Crippen molar-refractivity contribution in [3.05, 3.63) is 17.7 Å². The van der Waals surface area contributed by atoms with E-state index in [-0.39, 0.29) is 19.0 Å². The number of hydrogen-bond donors (Lipinski definition) is 4. The third-order valence-corrected chi connectivity index (χ3v) is 3.72. The van der Waals surface area contributed by atoms with Crippen LogP contribution in [0.1, 0.15) is 11.4 Å². The summed E-state index contributed by atoms with van der Waals surface area (Å²) in [7, 11) is 0. The highest BCUT2D eigenvalue weighted by Gasteiger charge is 2.13. The number of carbonyl (C=O) groups is 1. The number of aromatic amines is 1. The molecule has 0 aromatic carbocycles. The fourth-order valence-corrected chi connectivity index (χ4v) is 2.41. The van der Waals surface area contributed by atoms with Crippen molar-refractivity contribution in [2.75, 3.05) is 25.4 Å². The van der Waals surface area contributed by atoms with E-state index in [9.17, 15) is 13.6 Å². The van der Waals surface area contributed by atoms with Crippen molar-refractivity contribution in [2.24, 2.45) is 4.99 Å². The summed E-state index contributed by atoms with van der Waals surface area (Å²) in [4.78, 5) is 22.0. The summed E-state index contributed by atoms with van der Waals surface area (Å²) in [5.74, 6) is 0.403. The number of nitrogens with one attached hydrogen (secondary N) is 4. The second-order valence-electron chi connectivity index (χ2n) is 4.51. The highest BCUT2D eigenvalue weighted by molar-refractivity contribution is 7.98. The lowest BCUT2D eigenvalue weighted by molar-refractivity contribution is -0.131. The van der Waals surface area contributed by atoms with Gasteiger partial charge in [0.1, 0.15) is 0 Å². The van der Waals surface area contributed by atoms with Crippen LogP contribution in [0.4, 0.5) is 8.78 Å². The lowest BCUT2D eigenvalue weighted by Gasteiger charge is -2.09. The van der Waals surface area contributed by atoms with Crippen molar-refractivity contribution in [1.29, 1.82) is 5.26 Å². The average Bonchev–Trinajstić information content (AvgIpc) is 2.95. The second kappa shape index (κ2) is 11.2. The van der Waals surface area contributed by atoms with Crippen molar-refractivity contribution in [1.82, 2.24) is 25.9 Å². The summed E-state index contributed by atoms with van der Waals surface area (Å²) in [5.41, 5.74) is 2.03. The molecule has 132 valence electrons. The lowest BCUT2D eigenvalue weighted by atomic mass is 10.4. The van der Waals surface area contributed by atoms with Gasteiger partial charge < -0.3 is 15.6 Å². The van der Waals surface area contributed by atoms with Crippen LogP contribution in [-0.4, -0.2) is 53.6 Å². The second-order valence-corrected chi connectivity index (χ2v) is 5.62. The van der Waals surface area contributed by atoms with Crippen molar-refractivity contribution in [3.8, 4) is 6.19 Å². The number of amides is 1. The van der Waals surface area contributed by atoms with Crippen LogP contribution in [0.15, 0.2) is 11.3 Å². The van der Waals surface area contributed by atoms with E-state index in [1.165, 1.54) is 0 Å². The van der Waals surface area contributed by atoms with E-state index >= 15 is 0 Å². The molecular weight excluding hydrogens is 340 g/mol. The fourth-order valence-electron chi connectivity index (χ4n) is 1.56. The molecule has 1 rings (SSSR count). The Hall–Kier alpha value is -2.35. The highest BCUT2D eigenvalue weighted by Crippen LogP contribution is 2.11. The normalized spacial score (nSPS) is 11.2. The largest absolute Gasteiger partial charge is 0.354 e. The molecule has 1 aromatic rings. The Bertz CT molecular complexity index is 585. The number of guanidine groups is 1. The number of aliphatic imine (C=N–C) groups is 1. The average molecular weight is 359 g/mol. The van der Waals surface area contributed by atoms with E-state index < -0.39 is 12.3 Å². The number of aryl methyl sites for hydroxylation is 1. The van der Waals surface area contributed by atoms with Gasteiger partial charge in [-0.3, -0.25) is 15.1 Å². The molecule has 8 nitrogen and oxygen atoms in total. The first kappa shape index (κ1) is 19.7. The van der Waals surface area contributed by atoms with E-state index in [0.717, 1.165) is 22.9 Å². The summed E-state index contributed by atoms with van der Waals surface area (Å²) in [6, 6.07) is 0. The van der Waals surface area contributed by atoms with Crippen LogP contribution in [0.2, 0.25) is 0 Å². The highest BCUT2D eigenvalue weighted by atomic mass is 32.2. The molecule has 0 aliphatic rings. The summed E-state index contributed by atoms with van der Waals surface area (Å²) < 4.78 is 24.0. The topological polar surface area (TPSA) is 118 Å². The van der Waals surface area contributed by atoms with Gasteiger partial charge in [0.2, 0.25) is 5.96 Å². The summed E-state index contributed by atoms with van der Waals surface area (Å²) in [5, 5.41) is 15.8. The van der Waals surface area contributed by atoms with Crippen LogP contribution in [0.25, 0.3) is 0 Å². The van der Waals surface area contributed by atoms with E-state index in [0.29, 0.717) is 6.54 Å². The van der Waals surface area contributed by atoms with Crippen molar-refractivity contribution < 1.29 is 13.6 Å². The Kier molecular flexibility index (Phi) is 9.21. The molecule has 1 amide bonds. The predicted octanol–water partition coefficient (Wildman–Crippen LogP) is 0.349. The van der Waals surface area contributed by atoms with E-state index in [1.807, 2.05) is 12.2 Å². The minimum atomic E-state index is -3.04. The third kappa shape index (κ3) is 7.77. The van der Waals surface area contributed by atoms with Crippen molar-refractivity contribution in [2.45, 2.75) is 19.1 Å². The number of thioether (sulfide) groups is 1. The van der Waals surface area contributed by atoms with Gasteiger partial charge in [-0.05, 0) is 6.92 Å². The van der Waals surface area contributed by atoms with Gasteiger partial charge >= 0.3 is 6.43 Å². The number of hydrogen-bond acceptors (Lipinski definition) is 5. The Balaban J connectivity index is 2.23. The molecule has 0 unspecified atom stereocenters. The molecule has 0 saturated carbocycles. The zero-order valence-corrected chi connectivity index (χ0v) is 13.9. The van der Waals surface area contributed by atoms with Crippen molar-refractivity contribution in [3.63, 3.8) is 0 Å². The molecule has 0 aliphatic carbocycles. The van der Waals surface area contributed by atoms with Crippen LogP contribution in [0, 0.1) is 18.4 Å². The van der Waals surface area contributed by atoms with Gasteiger partial charge in [0.05, 0.1) is 18.6 Å². The van der Waals surface area contributed by atoms with Gasteiger partial charge in [0.25, 0.3) is 5.91 Å². The predicted molar refractivity (Wildman–Crippen MR) is 87.6 cm³/mol. The van der Waals surface area contributed by atoms with E-state index in [4.69, 9.17) is 5.26 Å². The zero-order valence-electron chi connectivity index (χ0n) is 13.1. The smallest absolute Gasteiger partial charge is 0.315 e. The van der Waals surface area contributed by atoms with Crippen LogP contribution < -0.4 is 16.0 Å². The molecular formula is C13H19F2N7OS. The first-order valence-corrected chi connectivity index (χ1v) is 8.26. The fraction of sp³-hybridized carbons (Fsp3) is 0.538. The molecule has 0 aliphatic heterocycles. The molecule has 4 N–H and O–H groups in total. The minimum absolute atomic E-state index is 0.00247. The van der Waals surface area contributed by atoms with E-state index in [2.05, 4.69) is 25.6 Å². The Morgan fingerprint density at radius 2 is 2.25 bits per heavy atom. The number of imidazole rings is 1. The quantitative estimate of drug-likeness (QED) is 0.166. The molecule has 1 heterocycles. The Labute approximate surface area is 142 Å². The number of carbonyl (C=O) groups excluding carboxylic acids is 1. The molecule has 0 saturated heterocycles. The molecule has 0 fully saturated rings. The molecule has 0 bridgehead atoms. The first-order chi connectivity index (χ1) is 11.5. The monoisotopic (exact) mass is 359 g/mol. The Morgan fingerprint density at radius 1 is 1.50 bits per heavy atom. The van der Waals surface area contributed by atoms with Crippen molar-refractivity contribution >= 4 is 23.6 Å². The Morgan fingerprint density at radius 3 is 2.88 bits per heavy atom. The molecule has 1 aromatic heterocycles. The number of nitrogens with zero attached hydrogens (tertiary/aromatic N) is 3. The van der Waals surface area contributed by atoms with Gasteiger partial charge in [-0.25, -0.2) is 4.98 Å². The lowest BCUT2D eigenvalue weighted by Crippen LogP contribution is -2.41. The van der Waals surface area contributed by atoms with Gasteiger partial charge in [0.15, 0.2) is 6.19 Å². The number of alkyl halides is 2. The summed E-state index contributed by atoms with van der Waals surface area (Å²) in [6.07, 6.45) is 0.346. The van der Waals surface area contributed by atoms with E-state index in [1.54, 1.807) is 24.3 Å². The van der Waals surface area contributed by atoms with Crippen LogP contribution in [0.3, 0.4) is 0 Å². The number of halogens is 2. The number of H-pyrrole nitrogens is 1. The number of aromatic nitrogens is 2. The summed E-state index contributed by atoms with van der Waals surface area (Å²) >= 11 is 1.65. The van der Waals surface area contributed by atoms with Gasteiger partial charge in [0, 0.05) is 30.3 Å². The molecule has 0 radical (unpaired) electrons. The SMILES string of the molecule is Cc1[nH]cnc1CSCCN=C(NC#N)NCCNC(=O)C(F)F. The first-order valence-electron chi connectivity index (χ1n) is 7.10. The maximum absolute atomic E-state index is 12.0. The van der Waals surface area contributed by atoms with Gasteiger partial charge in [-0.15, -0.1) is 0 Å². The molecule has 11 heteroatoms. The molecule has 24 heavy (non-hydrogen) atoms. The van der Waals surface area contributed by atoms with Gasteiger partial charge in [-0.2, -0.15) is 25.8 Å². The molecule has 0 atom stereocenters. The number of nitriles is 1. The maximum atomic E-state index is 12.0. The zero-order chi connectivity index (χ0) is 17.8. The number of rotatable bonds is 9. The van der Waals surface area contributed by atoms with Crippen LogP contribution in [-0.2, 0) is 10.5 Å². The maximum Gasteiger partial charge on any atom is 0.315 e. The minimum Gasteiger partial charge on any atom is -0.354 e. The third-order valence-electron chi connectivity index (χ3n) is 2.77. The van der Waals surface area contributed by atoms with Crippen LogP contribution in [0.5, 0.6) is 0 Å². The summed E-state index contributed by atoms with van der Waals surface area (Å²) in [6.45, 7) is 2.59.